The lowest BCUT2D eigenvalue weighted by Gasteiger charge is -2.34. The van der Waals surface area contributed by atoms with Gasteiger partial charge in [0, 0.05) is 55.2 Å². The first kappa shape index (κ1) is 21.3. The summed E-state index contributed by atoms with van der Waals surface area (Å²) in [6.45, 7) is 1.22. The lowest BCUT2D eigenvalue weighted by atomic mass is 9.88. The minimum Gasteiger partial charge on any atom is -0.468 e. The molecule has 0 radical (unpaired) electrons. The highest BCUT2D eigenvalue weighted by molar-refractivity contribution is 5.77. The smallest absolute Gasteiger partial charge is 0.323 e. The first-order chi connectivity index (χ1) is 15.6. The summed E-state index contributed by atoms with van der Waals surface area (Å²) < 4.78 is 7.03. The van der Waals surface area contributed by atoms with E-state index < -0.39 is 6.04 Å². The van der Waals surface area contributed by atoms with Crippen molar-refractivity contribution in [3.8, 4) is 11.1 Å². The number of carbonyl (C=O) groups is 1. The first-order valence-corrected chi connectivity index (χ1v) is 11.7. The van der Waals surface area contributed by atoms with Crippen LogP contribution in [0.2, 0.25) is 0 Å². The number of pyridine rings is 2. The summed E-state index contributed by atoms with van der Waals surface area (Å²) in [4.78, 5) is 32.6. The number of rotatable bonds is 5. The van der Waals surface area contributed by atoms with E-state index in [1.165, 1.54) is 39.2 Å². The zero-order valence-corrected chi connectivity index (χ0v) is 18.5. The maximum Gasteiger partial charge on any atom is 0.323 e. The molecule has 2 fully saturated rings. The molecule has 4 atom stereocenters. The first-order valence-electron chi connectivity index (χ1n) is 11.7. The third kappa shape index (κ3) is 3.48. The van der Waals surface area contributed by atoms with Crippen LogP contribution in [0.4, 0.5) is 0 Å². The van der Waals surface area contributed by atoms with Crippen molar-refractivity contribution in [3.63, 3.8) is 0 Å². The summed E-state index contributed by atoms with van der Waals surface area (Å²) in [5.74, 6) is 0.00946. The summed E-state index contributed by atoms with van der Waals surface area (Å²) in [6, 6.07) is 7.09. The highest BCUT2D eigenvalue weighted by atomic mass is 16.5. The van der Waals surface area contributed by atoms with Crippen LogP contribution in [0.1, 0.15) is 43.8 Å². The number of aliphatic hydroxyl groups is 1. The Balaban J connectivity index is 1.55. The van der Waals surface area contributed by atoms with Crippen LogP contribution >= 0.6 is 0 Å². The zero-order chi connectivity index (χ0) is 22.2. The van der Waals surface area contributed by atoms with Gasteiger partial charge in [0.1, 0.15) is 6.04 Å². The van der Waals surface area contributed by atoms with Gasteiger partial charge >= 0.3 is 5.97 Å². The number of carbonyl (C=O) groups excluding carboxylic acids is 1. The van der Waals surface area contributed by atoms with E-state index in [0.29, 0.717) is 18.0 Å². The second-order valence-corrected chi connectivity index (χ2v) is 9.45. The lowest BCUT2D eigenvalue weighted by molar-refractivity contribution is -0.148. The van der Waals surface area contributed by atoms with Crippen molar-refractivity contribution >= 4 is 5.97 Å². The Hall–Kier alpha value is -2.51. The van der Waals surface area contributed by atoms with Crippen LogP contribution in [0, 0.1) is 17.8 Å². The van der Waals surface area contributed by atoms with Crippen LogP contribution in [-0.4, -0.2) is 51.8 Å². The SMILES string of the molecule is COC(=O)[C@H]1[C@H](CO)[C@H]2Cn3c(ccc(-c4ccncc4)c3=O)[C@H]2N1CC1CCCCC1. The second-order valence-electron chi connectivity index (χ2n) is 9.45. The van der Waals surface area contributed by atoms with E-state index in [4.69, 9.17) is 4.74 Å². The fourth-order valence-electron chi connectivity index (χ4n) is 6.32. The van der Waals surface area contributed by atoms with Crippen molar-refractivity contribution in [2.45, 2.75) is 50.7 Å². The maximum absolute atomic E-state index is 13.4. The summed E-state index contributed by atoms with van der Waals surface area (Å²) >= 11 is 0. The number of ether oxygens (including phenoxy) is 1. The molecule has 2 aromatic heterocycles. The molecule has 0 spiro atoms. The molecular formula is C25H31N3O4. The van der Waals surface area contributed by atoms with Gasteiger partial charge in [0.15, 0.2) is 0 Å². The number of hydrogen-bond acceptors (Lipinski definition) is 6. The van der Waals surface area contributed by atoms with Crippen molar-refractivity contribution in [2.24, 2.45) is 17.8 Å². The molecule has 2 aliphatic heterocycles. The van der Waals surface area contributed by atoms with Crippen molar-refractivity contribution in [3.05, 3.63) is 52.7 Å². The van der Waals surface area contributed by atoms with E-state index in [0.717, 1.165) is 17.8 Å². The van der Waals surface area contributed by atoms with Crippen LogP contribution in [-0.2, 0) is 16.1 Å². The predicted octanol–water partition coefficient (Wildman–Crippen LogP) is 2.63. The van der Waals surface area contributed by atoms with Gasteiger partial charge in [0.25, 0.3) is 5.56 Å². The van der Waals surface area contributed by atoms with Gasteiger partial charge in [-0.25, -0.2) is 0 Å². The number of nitrogens with zero attached hydrogens (tertiary/aromatic N) is 3. The van der Waals surface area contributed by atoms with Gasteiger partial charge in [0.2, 0.25) is 0 Å². The van der Waals surface area contributed by atoms with Gasteiger partial charge in [-0.15, -0.1) is 0 Å². The van der Waals surface area contributed by atoms with Gasteiger partial charge in [-0.2, -0.15) is 0 Å². The topological polar surface area (TPSA) is 84.7 Å². The molecule has 0 unspecified atom stereocenters. The summed E-state index contributed by atoms with van der Waals surface area (Å²) in [6.07, 6.45) is 9.44. The van der Waals surface area contributed by atoms with Crippen molar-refractivity contribution in [1.82, 2.24) is 14.5 Å². The average Bonchev–Trinajstić information content (AvgIpc) is 3.35. The number of methoxy groups -OCH3 is 1. The summed E-state index contributed by atoms with van der Waals surface area (Å²) in [7, 11) is 1.42. The highest BCUT2D eigenvalue weighted by Crippen LogP contribution is 2.50. The van der Waals surface area contributed by atoms with Crippen molar-refractivity contribution in [1.29, 1.82) is 0 Å². The predicted molar refractivity (Wildman–Crippen MR) is 120 cm³/mol. The van der Waals surface area contributed by atoms with E-state index in [9.17, 15) is 14.7 Å². The molecule has 1 aliphatic carbocycles. The molecular weight excluding hydrogens is 406 g/mol. The zero-order valence-electron chi connectivity index (χ0n) is 18.5. The third-order valence-electron chi connectivity index (χ3n) is 7.82. The van der Waals surface area contributed by atoms with Gasteiger partial charge in [0.05, 0.1) is 13.2 Å². The Bertz CT molecular complexity index is 1030. The largest absolute Gasteiger partial charge is 0.468 e. The van der Waals surface area contributed by atoms with Gasteiger partial charge in [-0.05, 0) is 48.6 Å². The number of esters is 1. The molecule has 7 heteroatoms. The monoisotopic (exact) mass is 437 g/mol. The molecule has 0 aromatic carbocycles. The molecule has 7 nitrogen and oxygen atoms in total. The summed E-state index contributed by atoms with van der Waals surface area (Å²) in [5, 5.41) is 10.3. The van der Waals surface area contributed by atoms with Gasteiger partial charge in [-0.1, -0.05) is 19.3 Å². The number of hydrogen-bond donors (Lipinski definition) is 1. The minimum atomic E-state index is -0.467. The van der Waals surface area contributed by atoms with Crippen molar-refractivity contribution in [2.75, 3.05) is 20.3 Å². The van der Waals surface area contributed by atoms with E-state index in [1.807, 2.05) is 28.8 Å². The van der Waals surface area contributed by atoms with Gasteiger partial charge in [-0.3, -0.25) is 19.5 Å². The van der Waals surface area contributed by atoms with Crippen LogP contribution < -0.4 is 5.56 Å². The van der Waals surface area contributed by atoms with Crippen LogP contribution in [0.3, 0.4) is 0 Å². The Morgan fingerprint density at radius 2 is 1.91 bits per heavy atom. The number of aliphatic hydroxyl groups excluding tert-OH is 1. The highest BCUT2D eigenvalue weighted by Gasteiger charge is 2.56. The molecule has 1 saturated heterocycles. The Morgan fingerprint density at radius 3 is 2.59 bits per heavy atom. The maximum atomic E-state index is 13.4. The van der Waals surface area contributed by atoms with E-state index >= 15 is 0 Å². The van der Waals surface area contributed by atoms with E-state index in [-0.39, 0.29) is 36.0 Å². The molecule has 0 bridgehead atoms. The number of fused-ring (bicyclic) bond motifs is 3. The van der Waals surface area contributed by atoms with E-state index in [1.54, 1.807) is 12.4 Å². The van der Waals surface area contributed by atoms with Crippen LogP contribution in [0.15, 0.2) is 41.5 Å². The fourth-order valence-corrected chi connectivity index (χ4v) is 6.32. The molecule has 1 saturated carbocycles. The fraction of sp³-hybridized carbons (Fsp3) is 0.560. The molecule has 4 heterocycles. The molecule has 1 N–H and O–H groups in total. The molecule has 32 heavy (non-hydrogen) atoms. The molecule has 170 valence electrons. The standard InChI is InChI=1S/C25H31N3O4/c1-32-25(31)23-20(15-29)19-14-27-21(22(19)28(23)13-16-5-3-2-4-6-16)8-7-18(24(27)30)17-9-11-26-12-10-17/h7-12,16,19-20,22-23,29H,2-6,13-15H2,1H3/t19-,20-,22+,23-/m1/s1. The van der Waals surface area contributed by atoms with Crippen LogP contribution in [0.25, 0.3) is 11.1 Å². The van der Waals surface area contributed by atoms with Crippen molar-refractivity contribution < 1.29 is 14.6 Å². The van der Waals surface area contributed by atoms with Gasteiger partial charge < -0.3 is 14.4 Å². The summed E-state index contributed by atoms with van der Waals surface area (Å²) in [5.41, 5.74) is 2.42. The third-order valence-corrected chi connectivity index (χ3v) is 7.82. The molecule has 3 aliphatic rings. The average molecular weight is 438 g/mol. The number of aromatic nitrogens is 2. The Labute approximate surface area is 188 Å². The van der Waals surface area contributed by atoms with Crippen LogP contribution in [0.5, 0.6) is 0 Å². The Morgan fingerprint density at radius 1 is 1.16 bits per heavy atom. The molecule has 5 rings (SSSR count). The van der Waals surface area contributed by atoms with E-state index in [2.05, 4.69) is 9.88 Å². The number of likely N-dealkylation sites (tertiary alicyclic amines) is 1. The minimum absolute atomic E-state index is 0.00748. The molecule has 0 amide bonds. The second kappa shape index (κ2) is 8.79. The molecule has 2 aromatic rings. The Kier molecular flexibility index (Phi) is 5.86. The quantitative estimate of drug-likeness (QED) is 0.724. The lowest BCUT2D eigenvalue weighted by Crippen LogP contribution is -2.45. The normalized spacial score (nSPS) is 27.8.